The van der Waals surface area contributed by atoms with Crippen LogP contribution < -0.4 is 5.32 Å². The molecule has 5 rings (SSSR count). The number of aromatic nitrogens is 1. The van der Waals surface area contributed by atoms with Crippen molar-refractivity contribution in [3.63, 3.8) is 0 Å². The first-order chi connectivity index (χ1) is 14.5. The summed E-state index contributed by atoms with van der Waals surface area (Å²) in [7, 11) is 0. The maximum Gasteiger partial charge on any atom is 0.230 e. The number of benzene rings is 1. The molecule has 1 aliphatic carbocycles. The third kappa shape index (κ3) is 3.56. The van der Waals surface area contributed by atoms with E-state index in [4.69, 9.17) is 21.6 Å². The molecule has 3 fully saturated rings. The molecular formula is C23H25ClN4O2. The molecule has 0 bridgehead atoms. The van der Waals surface area contributed by atoms with Gasteiger partial charge in [-0.15, -0.1) is 0 Å². The highest BCUT2D eigenvalue weighted by Crippen LogP contribution is 2.40. The van der Waals surface area contributed by atoms with E-state index < -0.39 is 0 Å². The lowest BCUT2D eigenvalue weighted by Gasteiger charge is -2.50. The molecule has 3 heterocycles. The smallest absolute Gasteiger partial charge is 0.230 e. The summed E-state index contributed by atoms with van der Waals surface area (Å²) in [6.45, 7) is 6.04. The van der Waals surface area contributed by atoms with Gasteiger partial charge in [-0.25, -0.2) is 4.98 Å². The summed E-state index contributed by atoms with van der Waals surface area (Å²) in [5.74, 6) is 0.467. The summed E-state index contributed by atoms with van der Waals surface area (Å²) in [5, 5.41) is 14.5. The van der Waals surface area contributed by atoms with Crippen molar-refractivity contribution in [2.45, 2.75) is 37.6 Å². The molecule has 7 heteroatoms. The van der Waals surface area contributed by atoms with E-state index in [-0.39, 0.29) is 23.3 Å². The summed E-state index contributed by atoms with van der Waals surface area (Å²) in [4.78, 5) is 19.2. The summed E-state index contributed by atoms with van der Waals surface area (Å²) < 4.78 is 5.42. The fourth-order valence-corrected chi connectivity index (χ4v) is 5.05. The van der Waals surface area contributed by atoms with E-state index in [1.807, 2.05) is 12.1 Å². The Hall–Kier alpha value is -2.20. The number of hydrogen-bond acceptors (Lipinski definition) is 5. The third-order valence-corrected chi connectivity index (χ3v) is 7.23. The molecule has 156 valence electrons. The molecule has 0 radical (unpaired) electrons. The molecule has 30 heavy (non-hydrogen) atoms. The van der Waals surface area contributed by atoms with Crippen LogP contribution in [0.3, 0.4) is 0 Å². The van der Waals surface area contributed by atoms with Gasteiger partial charge in [-0.3, -0.25) is 9.69 Å². The van der Waals surface area contributed by atoms with Crippen molar-refractivity contribution < 1.29 is 9.53 Å². The zero-order valence-corrected chi connectivity index (χ0v) is 17.8. The number of halogens is 1. The second kappa shape index (κ2) is 7.49. The second-order valence-electron chi connectivity index (χ2n) is 9.11. The highest BCUT2D eigenvalue weighted by atomic mass is 35.5. The van der Waals surface area contributed by atoms with Crippen LogP contribution >= 0.6 is 11.6 Å². The zero-order chi connectivity index (χ0) is 20.9. The number of piperidine rings is 1. The van der Waals surface area contributed by atoms with Crippen LogP contribution in [-0.4, -0.2) is 47.6 Å². The number of anilines is 1. The Morgan fingerprint density at radius 1 is 1.30 bits per heavy atom. The average molecular weight is 425 g/mol. The molecule has 1 amide bonds. The standard InChI is InChI=1S/C23H25ClN4O2/c1-23(12-30-13-23)28-4-2-14(3-5-28)18-6-15-9-21(26-11-17(15)8-20(18)24)27-22(29)19-7-16(19)10-25/h6,8-9,11,14,16,19H,2-5,7,12-13H2,1H3,(H,26,27,29)/t16-,19+/m1/s1. The number of ether oxygens (including phenoxy) is 1. The predicted molar refractivity (Wildman–Crippen MR) is 115 cm³/mol. The van der Waals surface area contributed by atoms with Gasteiger partial charge >= 0.3 is 0 Å². The Balaban J connectivity index is 1.32. The molecule has 2 aliphatic heterocycles. The molecule has 2 saturated heterocycles. The second-order valence-corrected chi connectivity index (χ2v) is 9.52. The van der Waals surface area contributed by atoms with E-state index in [9.17, 15) is 4.79 Å². The van der Waals surface area contributed by atoms with Gasteiger partial charge in [-0.1, -0.05) is 11.6 Å². The minimum absolute atomic E-state index is 0.122. The number of pyridine rings is 1. The Kier molecular flexibility index (Phi) is 4.93. The molecule has 2 aromatic rings. The maximum atomic E-state index is 12.3. The van der Waals surface area contributed by atoms with Crippen LogP contribution in [-0.2, 0) is 9.53 Å². The van der Waals surface area contributed by atoms with Crippen molar-refractivity contribution >= 4 is 34.1 Å². The third-order valence-electron chi connectivity index (χ3n) is 6.91. The Bertz CT molecular complexity index is 1040. The van der Waals surface area contributed by atoms with Gasteiger partial charge in [0.05, 0.1) is 36.7 Å². The van der Waals surface area contributed by atoms with Crippen molar-refractivity contribution in [1.29, 1.82) is 5.26 Å². The maximum absolute atomic E-state index is 12.3. The normalized spacial score (nSPS) is 26.0. The molecule has 1 saturated carbocycles. The summed E-state index contributed by atoms with van der Waals surface area (Å²) in [6, 6.07) is 8.18. The Morgan fingerprint density at radius 2 is 2.07 bits per heavy atom. The van der Waals surface area contributed by atoms with Gasteiger partial charge in [0, 0.05) is 16.6 Å². The van der Waals surface area contributed by atoms with Gasteiger partial charge in [-0.2, -0.15) is 5.26 Å². The van der Waals surface area contributed by atoms with Gasteiger partial charge in [-0.05, 0) is 74.3 Å². The highest BCUT2D eigenvalue weighted by Gasteiger charge is 2.43. The number of carbonyl (C=O) groups excluding carboxylic acids is 1. The fraction of sp³-hybridized carbons (Fsp3) is 0.522. The SMILES string of the molecule is CC1(N2CCC(c3cc4cc(NC(=O)[C@H]5C[C@@H]5C#N)ncc4cc3Cl)CC2)COC1. The van der Waals surface area contributed by atoms with E-state index in [1.54, 1.807) is 6.20 Å². The van der Waals surface area contributed by atoms with Crippen molar-refractivity contribution in [3.8, 4) is 6.07 Å². The quantitative estimate of drug-likeness (QED) is 0.803. The van der Waals surface area contributed by atoms with Gasteiger partial charge in [0.2, 0.25) is 5.91 Å². The van der Waals surface area contributed by atoms with Crippen LogP contribution in [0.2, 0.25) is 5.02 Å². The van der Waals surface area contributed by atoms with Crippen LogP contribution in [0.15, 0.2) is 24.4 Å². The fourth-order valence-electron chi connectivity index (χ4n) is 4.72. The lowest BCUT2D eigenvalue weighted by atomic mass is 9.85. The number of likely N-dealkylation sites (tertiary alicyclic amines) is 1. The first-order valence-electron chi connectivity index (χ1n) is 10.6. The number of amides is 1. The Morgan fingerprint density at radius 3 is 2.70 bits per heavy atom. The summed E-state index contributed by atoms with van der Waals surface area (Å²) >= 11 is 6.65. The first kappa shape index (κ1) is 19.7. The number of nitrogens with one attached hydrogen (secondary N) is 1. The van der Waals surface area contributed by atoms with Gasteiger partial charge in [0.15, 0.2) is 0 Å². The van der Waals surface area contributed by atoms with E-state index in [1.165, 1.54) is 5.56 Å². The van der Waals surface area contributed by atoms with E-state index in [0.29, 0.717) is 18.2 Å². The van der Waals surface area contributed by atoms with Crippen molar-refractivity contribution in [2.24, 2.45) is 11.8 Å². The number of hydrogen-bond donors (Lipinski definition) is 1. The first-order valence-corrected chi connectivity index (χ1v) is 11.0. The minimum atomic E-state index is -0.207. The largest absolute Gasteiger partial charge is 0.377 e. The van der Waals surface area contributed by atoms with E-state index >= 15 is 0 Å². The van der Waals surface area contributed by atoms with Crippen LogP contribution in [0, 0.1) is 23.2 Å². The highest BCUT2D eigenvalue weighted by molar-refractivity contribution is 6.32. The topological polar surface area (TPSA) is 78.3 Å². The lowest BCUT2D eigenvalue weighted by molar-refractivity contribution is -0.136. The van der Waals surface area contributed by atoms with Crippen LogP contribution in [0.25, 0.3) is 10.8 Å². The molecule has 1 aromatic heterocycles. The molecule has 1 N–H and O–H groups in total. The van der Waals surface area contributed by atoms with Crippen LogP contribution in [0.5, 0.6) is 0 Å². The Labute approximate surface area is 181 Å². The van der Waals surface area contributed by atoms with Crippen molar-refractivity contribution in [3.05, 3.63) is 35.0 Å². The number of nitrogens with zero attached hydrogens (tertiary/aromatic N) is 3. The summed E-state index contributed by atoms with van der Waals surface area (Å²) in [6.07, 6.45) is 4.54. The van der Waals surface area contributed by atoms with Crippen LogP contribution in [0.4, 0.5) is 5.82 Å². The van der Waals surface area contributed by atoms with E-state index in [2.05, 4.69) is 34.3 Å². The van der Waals surface area contributed by atoms with Crippen LogP contribution in [0.1, 0.15) is 37.7 Å². The molecular weight excluding hydrogens is 400 g/mol. The van der Waals surface area contributed by atoms with Crippen molar-refractivity contribution in [2.75, 3.05) is 31.6 Å². The zero-order valence-electron chi connectivity index (χ0n) is 17.0. The predicted octanol–water partition coefficient (Wildman–Crippen LogP) is 3.95. The molecule has 1 aromatic carbocycles. The average Bonchev–Trinajstić information content (AvgIpc) is 3.52. The molecule has 0 unspecified atom stereocenters. The number of nitriles is 1. The molecule has 2 atom stereocenters. The van der Waals surface area contributed by atoms with Crippen molar-refractivity contribution in [1.82, 2.24) is 9.88 Å². The number of rotatable bonds is 4. The number of fused-ring (bicyclic) bond motifs is 1. The molecule has 6 nitrogen and oxygen atoms in total. The molecule has 0 spiro atoms. The van der Waals surface area contributed by atoms with Gasteiger partial charge in [0.25, 0.3) is 0 Å². The molecule has 3 aliphatic rings. The lowest BCUT2D eigenvalue weighted by Crippen LogP contribution is -2.61. The minimum Gasteiger partial charge on any atom is -0.377 e. The summed E-state index contributed by atoms with van der Waals surface area (Å²) in [5.41, 5.74) is 1.37. The van der Waals surface area contributed by atoms with Gasteiger partial charge in [0.1, 0.15) is 5.82 Å². The van der Waals surface area contributed by atoms with Gasteiger partial charge < -0.3 is 10.1 Å². The monoisotopic (exact) mass is 424 g/mol. The van der Waals surface area contributed by atoms with E-state index in [0.717, 1.165) is 54.9 Å². The number of carbonyl (C=O) groups is 1.